The first-order valence-electron chi connectivity index (χ1n) is 23.8. The van der Waals surface area contributed by atoms with Gasteiger partial charge < -0.3 is 0 Å². The van der Waals surface area contributed by atoms with E-state index in [9.17, 15) is 0 Å². The molecule has 0 bridgehead atoms. The third kappa shape index (κ3) is 6.51. The van der Waals surface area contributed by atoms with Crippen molar-refractivity contribution in [3.05, 3.63) is 240 Å². The number of rotatable bonds is 5. The zero-order valence-corrected chi connectivity index (χ0v) is 38.0. The fraction of sp³-hybridized carbons (Fsp3) is 0.0781. The second-order valence-corrected chi connectivity index (χ2v) is 19.6. The molecule has 2 aliphatic carbocycles. The van der Waals surface area contributed by atoms with Crippen molar-refractivity contribution in [2.75, 3.05) is 0 Å². The van der Waals surface area contributed by atoms with Gasteiger partial charge in [0, 0.05) is 48.7 Å². The smallest absolute Gasteiger partial charge is 0.165 e. The van der Waals surface area contributed by atoms with Crippen molar-refractivity contribution in [2.24, 2.45) is 0 Å². The van der Waals surface area contributed by atoms with Gasteiger partial charge in [-0.2, -0.15) is 0 Å². The van der Waals surface area contributed by atoms with Crippen molar-refractivity contribution in [3.63, 3.8) is 0 Å². The van der Waals surface area contributed by atoms with Crippen molar-refractivity contribution in [1.29, 1.82) is 0 Å². The molecule has 2 aromatic heterocycles. The average molecular weight is 886 g/mol. The molecule has 320 valence electrons. The van der Waals surface area contributed by atoms with E-state index in [0.29, 0.717) is 23.4 Å². The average Bonchev–Trinajstić information content (AvgIpc) is 3.68. The van der Waals surface area contributed by atoms with Crippen molar-refractivity contribution >= 4 is 80.2 Å². The van der Waals surface area contributed by atoms with Gasteiger partial charge in [-0.05, 0) is 126 Å². The molecule has 2 atom stereocenters. The minimum atomic E-state index is 0.0783. The Morgan fingerprint density at radius 3 is 1.99 bits per heavy atom. The first-order chi connectivity index (χ1) is 33.7. The molecule has 2 aliphatic rings. The highest BCUT2D eigenvalue weighted by atomic mass is 32.1. The molecule has 0 radical (unpaired) electrons. The first kappa shape index (κ1) is 39.1. The van der Waals surface area contributed by atoms with Crippen LogP contribution in [-0.2, 0) is 6.42 Å². The van der Waals surface area contributed by atoms with Crippen molar-refractivity contribution in [1.82, 2.24) is 15.0 Å². The maximum atomic E-state index is 5.64. The zero-order valence-electron chi connectivity index (χ0n) is 37.2. The molecule has 0 saturated heterocycles. The standard InChI is InChI=1S/C64H43N3S/c1-2-12-39(13-3-1)40-22-25-42(26-23-40)62-65-63(49-29-30-51-47(35-49)27-24-41-14-8-9-19-50(41)51)67-64(66-62)61-55(32-33-58-60(61)57-37-45-17-6-7-18-46(45)38-59(57)68-58)54-31-28-48-34-43-15-4-5-16-44(43)36-56(48)53-21-11-10-20-52(53)54/h1-22,24-27,29-30,32-38,40,54H,23,28,31H2. The summed E-state index contributed by atoms with van der Waals surface area (Å²) in [4.78, 5) is 16.7. The number of allylic oxidation sites excluding steroid dienone is 4. The molecule has 12 aromatic rings. The van der Waals surface area contributed by atoms with Gasteiger partial charge in [0.1, 0.15) is 0 Å². The second kappa shape index (κ2) is 15.8. The fourth-order valence-electron chi connectivity index (χ4n) is 11.3. The van der Waals surface area contributed by atoms with Crippen LogP contribution in [0.25, 0.3) is 103 Å². The van der Waals surface area contributed by atoms with Gasteiger partial charge in [0.05, 0.1) is 0 Å². The molecule has 0 N–H and O–H groups in total. The van der Waals surface area contributed by atoms with Gasteiger partial charge in [-0.1, -0.05) is 182 Å². The number of fused-ring (bicyclic) bond motifs is 11. The number of aromatic nitrogens is 3. The van der Waals surface area contributed by atoms with Gasteiger partial charge in [0.2, 0.25) is 0 Å². The van der Waals surface area contributed by atoms with Crippen molar-refractivity contribution < 1.29 is 0 Å². The summed E-state index contributed by atoms with van der Waals surface area (Å²) in [7, 11) is 0. The lowest BCUT2D eigenvalue weighted by Crippen LogP contribution is -2.09. The van der Waals surface area contributed by atoms with Crippen LogP contribution in [0.3, 0.4) is 0 Å². The molecule has 2 unspecified atom stereocenters. The van der Waals surface area contributed by atoms with Crippen LogP contribution in [0.15, 0.2) is 212 Å². The Morgan fingerprint density at radius 2 is 1.15 bits per heavy atom. The molecule has 3 nitrogen and oxygen atoms in total. The predicted molar refractivity (Wildman–Crippen MR) is 287 cm³/mol. The minimum Gasteiger partial charge on any atom is -0.208 e. The van der Waals surface area contributed by atoms with Crippen LogP contribution in [0, 0.1) is 0 Å². The molecule has 4 heteroatoms. The molecule has 0 aliphatic heterocycles. The molecule has 0 saturated carbocycles. The summed E-state index contributed by atoms with van der Waals surface area (Å²) in [5, 5.41) is 12.3. The van der Waals surface area contributed by atoms with E-state index >= 15 is 0 Å². The second-order valence-electron chi connectivity index (χ2n) is 18.5. The normalized spacial score (nSPS) is 15.8. The molecule has 2 heterocycles. The van der Waals surface area contributed by atoms with Crippen LogP contribution in [0.1, 0.15) is 52.8 Å². The van der Waals surface area contributed by atoms with E-state index in [2.05, 4.69) is 212 Å². The van der Waals surface area contributed by atoms with E-state index < -0.39 is 0 Å². The quantitative estimate of drug-likeness (QED) is 0.162. The van der Waals surface area contributed by atoms with Crippen molar-refractivity contribution in [2.45, 2.75) is 31.1 Å². The fourth-order valence-corrected chi connectivity index (χ4v) is 12.4. The number of benzene rings is 10. The van der Waals surface area contributed by atoms with Gasteiger partial charge >= 0.3 is 0 Å². The van der Waals surface area contributed by atoms with Crippen LogP contribution in [-0.4, -0.2) is 15.0 Å². The number of aryl methyl sites for hydroxylation is 1. The van der Waals surface area contributed by atoms with Gasteiger partial charge in [-0.3, -0.25) is 0 Å². The van der Waals surface area contributed by atoms with Crippen LogP contribution >= 0.6 is 11.3 Å². The Morgan fingerprint density at radius 1 is 0.456 bits per heavy atom. The number of hydrogen-bond donors (Lipinski definition) is 0. The topological polar surface area (TPSA) is 38.7 Å². The lowest BCUT2D eigenvalue weighted by atomic mass is 9.82. The summed E-state index contributed by atoms with van der Waals surface area (Å²) in [5.74, 6) is 2.45. The molecule has 14 rings (SSSR count). The number of nitrogens with zero attached hydrogens (tertiary/aromatic N) is 3. The molecular formula is C64H43N3S. The summed E-state index contributed by atoms with van der Waals surface area (Å²) in [6, 6.07) is 71.5. The van der Waals surface area contributed by atoms with E-state index in [1.807, 2.05) is 11.3 Å². The summed E-state index contributed by atoms with van der Waals surface area (Å²) >= 11 is 1.86. The van der Waals surface area contributed by atoms with E-state index in [-0.39, 0.29) is 5.92 Å². The van der Waals surface area contributed by atoms with Crippen LogP contribution in [0.2, 0.25) is 0 Å². The summed E-state index contributed by atoms with van der Waals surface area (Å²) < 4.78 is 2.49. The van der Waals surface area contributed by atoms with E-state index in [1.54, 1.807) is 0 Å². The van der Waals surface area contributed by atoms with Gasteiger partial charge in [0.15, 0.2) is 17.5 Å². The third-order valence-corrected chi connectivity index (χ3v) is 15.8. The monoisotopic (exact) mass is 885 g/mol. The Bertz CT molecular complexity index is 4090. The lowest BCUT2D eigenvalue weighted by molar-refractivity contribution is 0.727. The predicted octanol–water partition coefficient (Wildman–Crippen LogP) is 17.1. The zero-order chi connectivity index (χ0) is 44.7. The highest BCUT2D eigenvalue weighted by Crippen LogP contribution is 2.49. The molecular weight excluding hydrogens is 843 g/mol. The maximum Gasteiger partial charge on any atom is 0.165 e. The first-order valence-corrected chi connectivity index (χ1v) is 24.6. The Labute approximate surface area is 398 Å². The molecule has 10 aromatic carbocycles. The van der Waals surface area contributed by atoms with Crippen molar-refractivity contribution in [3.8, 4) is 33.9 Å². The van der Waals surface area contributed by atoms with E-state index in [0.717, 1.165) is 41.3 Å². The Kier molecular flexibility index (Phi) is 9.09. The SMILES string of the molecule is C1=CC(c2ccccc2)CC=C1c1nc(-c2ccc3c(ccc4ccccc43)c2)nc(-c2c(C3CCc4cc5ccccc5cc4-c4ccccc43)ccc3sc4cc5ccccc5cc4c23)n1. The molecule has 0 amide bonds. The molecule has 0 spiro atoms. The van der Waals surface area contributed by atoms with Crippen LogP contribution in [0.5, 0.6) is 0 Å². The summed E-state index contributed by atoms with van der Waals surface area (Å²) in [6.45, 7) is 0. The lowest BCUT2D eigenvalue weighted by Gasteiger charge is -2.23. The summed E-state index contributed by atoms with van der Waals surface area (Å²) in [6.07, 6.45) is 9.64. The van der Waals surface area contributed by atoms with Crippen LogP contribution in [0.4, 0.5) is 0 Å². The number of thiophene rings is 1. The summed E-state index contributed by atoms with van der Waals surface area (Å²) in [5.41, 5.74) is 11.0. The van der Waals surface area contributed by atoms with E-state index in [4.69, 9.17) is 15.0 Å². The number of hydrogen-bond acceptors (Lipinski definition) is 4. The minimum absolute atomic E-state index is 0.0783. The molecule has 0 fully saturated rings. The largest absolute Gasteiger partial charge is 0.208 e. The van der Waals surface area contributed by atoms with E-state index in [1.165, 1.54) is 91.3 Å². The third-order valence-electron chi connectivity index (χ3n) is 14.7. The molecule has 68 heavy (non-hydrogen) atoms. The maximum absolute atomic E-state index is 5.64. The van der Waals surface area contributed by atoms with Gasteiger partial charge in [-0.15, -0.1) is 11.3 Å². The van der Waals surface area contributed by atoms with Crippen LogP contribution < -0.4 is 0 Å². The Hall–Kier alpha value is -8.05. The van der Waals surface area contributed by atoms with Gasteiger partial charge in [-0.25, -0.2) is 15.0 Å². The Balaban J connectivity index is 1.02. The highest BCUT2D eigenvalue weighted by Gasteiger charge is 2.30. The highest BCUT2D eigenvalue weighted by molar-refractivity contribution is 7.26. The van der Waals surface area contributed by atoms with Gasteiger partial charge in [0.25, 0.3) is 0 Å².